The summed E-state index contributed by atoms with van der Waals surface area (Å²) in [4.78, 5) is 0. The molecule has 1 aromatic rings. The second kappa shape index (κ2) is 6.80. The first kappa shape index (κ1) is 14.9. The number of nitrogens with one attached hydrogen (secondary N) is 1. The molecule has 0 saturated heterocycles. The topological polar surface area (TPSA) is 41.5 Å². The van der Waals surface area contributed by atoms with Crippen molar-refractivity contribution in [3.05, 3.63) is 29.8 Å². The first-order valence-electron chi connectivity index (χ1n) is 8.31. The number of aliphatic hydroxyl groups excluding tert-OH is 1. The van der Waals surface area contributed by atoms with E-state index < -0.39 is 0 Å². The molecular formula is C18H27NO2. The Kier molecular flexibility index (Phi) is 4.81. The van der Waals surface area contributed by atoms with Crippen LogP contribution >= 0.6 is 0 Å². The van der Waals surface area contributed by atoms with Gasteiger partial charge in [0.05, 0.1) is 7.11 Å². The second-order valence-electron chi connectivity index (χ2n) is 6.64. The van der Waals surface area contributed by atoms with Crippen LogP contribution in [-0.2, 0) is 0 Å². The van der Waals surface area contributed by atoms with Gasteiger partial charge in [-0.15, -0.1) is 0 Å². The van der Waals surface area contributed by atoms with E-state index in [9.17, 15) is 5.11 Å². The van der Waals surface area contributed by atoms with Gasteiger partial charge in [-0.1, -0.05) is 25.0 Å². The second-order valence-corrected chi connectivity index (χ2v) is 6.64. The van der Waals surface area contributed by atoms with E-state index in [0.717, 1.165) is 5.75 Å². The Morgan fingerprint density at radius 1 is 1.24 bits per heavy atom. The third kappa shape index (κ3) is 3.41. The fourth-order valence-electron chi connectivity index (χ4n) is 3.87. The fourth-order valence-corrected chi connectivity index (χ4v) is 3.87. The summed E-state index contributed by atoms with van der Waals surface area (Å²) in [5.74, 6) is 2.08. The van der Waals surface area contributed by atoms with Gasteiger partial charge in [0.2, 0.25) is 0 Å². The van der Waals surface area contributed by atoms with E-state index >= 15 is 0 Å². The Bertz CT molecular complexity index is 456. The molecular weight excluding hydrogens is 262 g/mol. The van der Waals surface area contributed by atoms with Crippen molar-refractivity contribution in [3.8, 4) is 5.75 Å². The van der Waals surface area contributed by atoms with Crippen LogP contribution in [-0.4, -0.2) is 30.9 Å². The highest BCUT2D eigenvalue weighted by Crippen LogP contribution is 2.39. The predicted molar refractivity (Wildman–Crippen MR) is 84.7 cm³/mol. The van der Waals surface area contributed by atoms with Crippen molar-refractivity contribution in [3.63, 3.8) is 0 Å². The number of benzene rings is 1. The lowest BCUT2D eigenvalue weighted by Gasteiger charge is -2.42. The molecule has 2 aliphatic rings. The Hall–Kier alpha value is -1.06. The lowest BCUT2D eigenvalue weighted by atomic mass is 9.74. The lowest BCUT2D eigenvalue weighted by Crippen LogP contribution is -2.50. The summed E-state index contributed by atoms with van der Waals surface area (Å²) in [5.41, 5.74) is 1.40. The predicted octanol–water partition coefficient (Wildman–Crippen LogP) is 3.08. The third-order valence-electron chi connectivity index (χ3n) is 5.30. The van der Waals surface area contributed by atoms with Crippen LogP contribution in [0.4, 0.5) is 0 Å². The summed E-state index contributed by atoms with van der Waals surface area (Å²) in [6, 6.07) is 9.61. The van der Waals surface area contributed by atoms with E-state index in [1.807, 2.05) is 6.07 Å². The average molecular weight is 289 g/mol. The van der Waals surface area contributed by atoms with Gasteiger partial charge in [-0.3, -0.25) is 0 Å². The molecule has 0 amide bonds. The number of aliphatic hydroxyl groups is 1. The highest BCUT2D eigenvalue weighted by atomic mass is 16.5. The normalized spacial score (nSPS) is 32.5. The Labute approximate surface area is 127 Å². The molecule has 116 valence electrons. The van der Waals surface area contributed by atoms with Crippen LogP contribution in [0.3, 0.4) is 0 Å². The molecule has 3 nitrogen and oxygen atoms in total. The summed E-state index contributed by atoms with van der Waals surface area (Å²) in [6.07, 6.45) is 7.41. The van der Waals surface area contributed by atoms with E-state index in [-0.39, 0.29) is 0 Å². The molecule has 2 saturated carbocycles. The molecule has 2 atom stereocenters. The molecule has 2 fully saturated rings. The number of rotatable bonds is 5. The molecule has 2 unspecified atom stereocenters. The summed E-state index contributed by atoms with van der Waals surface area (Å²) < 4.78 is 5.31. The van der Waals surface area contributed by atoms with Crippen LogP contribution in [0.1, 0.15) is 50.0 Å². The number of hydrogen-bond acceptors (Lipinski definition) is 3. The summed E-state index contributed by atoms with van der Waals surface area (Å²) in [6.45, 7) is 0.337. The molecule has 0 bridgehead atoms. The van der Waals surface area contributed by atoms with E-state index in [1.54, 1.807) is 7.11 Å². The van der Waals surface area contributed by atoms with Gasteiger partial charge in [0.1, 0.15) is 5.75 Å². The number of methoxy groups -OCH3 is 1. The number of ether oxygens (including phenoxy) is 1. The highest BCUT2D eigenvalue weighted by Gasteiger charge is 2.34. The van der Waals surface area contributed by atoms with Crippen LogP contribution in [0.15, 0.2) is 24.3 Å². The van der Waals surface area contributed by atoms with Crippen molar-refractivity contribution in [2.45, 2.75) is 56.5 Å². The fraction of sp³-hybridized carbons (Fsp3) is 0.667. The summed E-state index contributed by atoms with van der Waals surface area (Å²) in [5, 5.41) is 13.3. The van der Waals surface area contributed by atoms with Gasteiger partial charge in [-0.25, -0.2) is 0 Å². The van der Waals surface area contributed by atoms with Crippen LogP contribution in [0.25, 0.3) is 0 Å². The van der Waals surface area contributed by atoms with Gasteiger partial charge >= 0.3 is 0 Å². The molecule has 2 N–H and O–H groups in total. The summed E-state index contributed by atoms with van der Waals surface area (Å²) >= 11 is 0. The molecule has 0 spiro atoms. The monoisotopic (exact) mass is 289 g/mol. The largest absolute Gasteiger partial charge is 0.497 e. The van der Waals surface area contributed by atoms with Crippen LogP contribution in [0.5, 0.6) is 5.75 Å². The van der Waals surface area contributed by atoms with Crippen molar-refractivity contribution in [2.24, 2.45) is 5.92 Å². The zero-order valence-corrected chi connectivity index (χ0v) is 12.9. The minimum atomic E-state index is 0.337. The number of hydrogen-bond donors (Lipinski definition) is 2. The zero-order chi connectivity index (χ0) is 14.7. The highest BCUT2D eigenvalue weighted by molar-refractivity contribution is 5.32. The lowest BCUT2D eigenvalue weighted by molar-refractivity contribution is 0.130. The maximum atomic E-state index is 9.50. The quantitative estimate of drug-likeness (QED) is 0.875. The van der Waals surface area contributed by atoms with Crippen LogP contribution in [0.2, 0.25) is 0 Å². The van der Waals surface area contributed by atoms with E-state index in [2.05, 4.69) is 23.5 Å². The molecule has 21 heavy (non-hydrogen) atoms. The van der Waals surface area contributed by atoms with Crippen LogP contribution in [0, 0.1) is 5.92 Å². The molecule has 3 heteroatoms. The van der Waals surface area contributed by atoms with Crippen LogP contribution < -0.4 is 10.1 Å². The Morgan fingerprint density at radius 3 is 2.81 bits per heavy atom. The minimum Gasteiger partial charge on any atom is -0.497 e. The van der Waals surface area contributed by atoms with Crippen molar-refractivity contribution in [1.82, 2.24) is 5.32 Å². The van der Waals surface area contributed by atoms with E-state index in [1.165, 1.54) is 44.1 Å². The van der Waals surface area contributed by atoms with E-state index in [0.29, 0.717) is 30.5 Å². The molecule has 0 heterocycles. The average Bonchev–Trinajstić information content (AvgIpc) is 2.50. The van der Waals surface area contributed by atoms with Gasteiger partial charge in [0.15, 0.2) is 0 Å². The zero-order valence-electron chi connectivity index (χ0n) is 12.9. The molecule has 0 aromatic heterocycles. The first-order chi connectivity index (χ1) is 10.3. The van der Waals surface area contributed by atoms with Crippen molar-refractivity contribution < 1.29 is 9.84 Å². The molecule has 0 radical (unpaired) electrons. The SMILES string of the molecule is COc1cccc(C2CC(NC3CCCCC3CO)C2)c1. The van der Waals surface area contributed by atoms with Crippen molar-refractivity contribution >= 4 is 0 Å². The molecule has 3 rings (SSSR count). The first-order valence-corrected chi connectivity index (χ1v) is 8.31. The minimum absolute atomic E-state index is 0.337. The molecule has 0 aliphatic heterocycles. The van der Waals surface area contributed by atoms with Gasteiger partial charge in [-0.2, -0.15) is 0 Å². The van der Waals surface area contributed by atoms with Crippen molar-refractivity contribution in [1.29, 1.82) is 0 Å². The molecule has 1 aromatic carbocycles. The van der Waals surface area contributed by atoms with Gasteiger partial charge in [0.25, 0.3) is 0 Å². The maximum absolute atomic E-state index is 9.50. The van der Waals surface area contributed by atoms with Gasteiger partial charge < -0.3 is 15.2 Å². The molecule has 2 aliphatic carbocycles. The third-order valence-corrected chi connectivity index (χ3v) is 5.30. The summed E-state index contributed by atoms with van der Waals surface area (Å²) in [7, 11) is 1.72. The van der Waals surface area contributed by atoms with Gasteiger partial charge in [0, 0.05) is 18.7 Å². The Morgan fingerprint density at radius 2 is 2.05 bits per heavy atom. The maximum Gasteiger partial charge on any atom is 0.119 e. The standard InChI is InChI=1S/C18H27NO2/c1-21-17-7-4-6-13(11-17)15-9-16(10-15)19-18-8-3-2-5-14(18)12-20/h4,6-7,11,14-16,18-20H,2-3,5,8-10,12H2,1H3. The smallest absolute Gasteiger partial charge is 0.119 e. The van der Waals surface area contributed by atoms with Crippen molar-refractivity contribution in [2.75, 3.05) is 13.7 Å². The van der Waals surface area contributed by atoms with Gasteiger partial charge in [-0.05, 0) is 55.2 Å². The Balaban J connectivity index is 1.51. The van der Waals surface area contributed by atoms with E-state index in [4.69, 9.17) is 4.74 Å².